The van der Waals surface area contributed by atoms with E-state index < -0.39 is 11.0 Å². The number of nitro benzene ring substituents is 1. The van der Waals surface area contributed by atoms with E-state index in [-0.39, 0.29) is 17.0 Å². The van der Waals surface area contributed by atoms with Gasteiger partial charge in [0.15, 0.2) is 0 Å². The van der Waals surface area contributed by atoms with E-state index in [9.17, 15) is 14.9 Å². The van der Waals surface area contributed by atoms with E-state index in [0.717, 1.165) is 0 Å². The van der Waals surface area contributed by atoms with Crippen LogP contribution in [0.4, 0.5) is 11.4 Å². The number of nitrogens with zero attached hydrogens (tertiary/aromatic N) is 1. The monoisotopic (exact) mass is 329 g/mol. The number of halogens is 1. The second-order valence-corrected chi connectivity index (χ2v) is 6.11. The normalized spacial score (nSPS) is 12.9. The van der Waals surface area contributed by atoms with E-state index in [4.69, 9.17) is 5.73 Å². The van der Waals surface area contributed by atoms with E-state index in [2.05, 4.69) is 21.2 Å². The first-order valence-electron chi connectivity index (χ1n) is 5.63. The molecule has 1 aromatic carbocycles. The highest BCUT2D eigenvalue weighted by atomic mass is 79.9. The van der Waals surface area contributed by atoms with Crippen LogP contribution in [0.3, 0.4) is 0 Å². The molecule has 0 unspecified atom stereocenters. The van der Waals surface area contributed by atoms with Crippen LogP contribution in [-0.4, -0.2) is 16.9 Å². The highest BCUT2D eigenvalue weighted by Crippen LogP contribution is 2.28. The molecule has 0 fully saturated rings. The van der Waals surface area contributed by atoms with Crippen molar-refractivity contribution in [1.29, 1.82) is 0 Å². The third kappa shape index (κ3) is 4.00. The van der Waals surface area contributed by atoms with Crippen molar-refractivity contribution in [3.8, 4) is 0 Å². The first kappa shape index (κ1) is 15.6. The third-order valence-electron chi connectivity index (χ3n) is 2.63. The molecular weight excluding hydrogens is 314 g/mol. The number of nitro groups is 1. The van der Waals surface area contributed by atoms with Crippen LogP contribution in [0.25, 0.3) is 0 Å². The molecule has 0 heterocycles. The molecule has 7 heteroatoms. The Kier molecular flexibility index (Phi) is 4.65. The summed E-state index contributed by atoms with van der Waals surface area (Å²) >= 11 is 3.08. The molecule has 104 valence electrons. The Hall–Kier alpha value is -1.47. The van der Waals surface area contributed by atoms with Gasteiger partial charge in [0.1, 0.15) is 0 Å². The van der Waals surface area contributed by atoms with Crippen molar-refractivity contribution in [3.05, 3.63) is 32.8 Å². The number of nitrogens with one attached hydrogen (secondary N) is 1. The Morgan fingerprint density at radius 1 is 1.47 bits per heavy atom. The molecule has 1 atom stereocenters. The lowest BCUT2D eigenvalue weighted by Crippen LogP contribution is -2.45. The number of carbonyl (C=O) groups is 1. The van der Waals surface area contributed by atoms with Gasteiger partial charge in [-0.1, -0.05) is 20.8 Å². The molecule has 0 saturated heterocycles. The highest BCUT2D eigenvalue weighted by Gasteiger charge is 2.27. The molecule has 3 N–H and O–H groups in total. The molecule has 0 aliphatic carbocycles. The summed E-state index contributed by atoms with van der Waals surface area (Å²) < 4.78 is 0.357. The standard InChI is InChI=1S/C12H16BrN3O3/c1-12(2,3)10(14)11(17)15-7-4-5-8(13)9(6-7)16(18)19/h4-6,10H,14H2,1-3H3,(H,15,17)/t10-/m0/s1. The molecule has 0 saturated carbocycles. The number of benzene rings is 1. The molecule has 0 bridgehead atoms. The summed E-state index contributed by atoms with van der Waals surface area (Å²) in [5, 5.41) is 13.4. The minimum atomic E-state index is -0.699. The average molecular weight is 330 g/mol. The van der Waals surface area contributed by atoms with E-state index in [1.165, 1.54) is 12.1 Å². The van der Waals surface area contributed by atoms with E-state index >= 15 is 0 Å². The second-order valence-electron chi connectivity index (χ2n) is 5.26. The predicted molar refractivity (Wildman–Crippen MR) is 76.9 cm³/mol. The van der Waals surface area contributed by atoms with Crippen LogP contribution in [0.1, 0.15) is 20.8 Å². The van der Waals surface area contributed by atoms with Crippen molar-refractivity contribution >= 4 is 33.2 Å². The summed E-state index contributed by atoms with van der Waals surface area (Å²) in [6.45, 7) is 5.55. The largest absolute Gasteiger partial charge is 0.324 e. The fourth-order valence-corrected chi connectivity index (χ4v) is 1.74. The fourth-order valence-electron chi connectivity index (χ4n) is 1.34. The SMILES string of the molecule is CC(C)(C)[C@@H](N)C(=O)Nc1ccc(Br)c([N+](=O)[O-])c1. The van der Waals surface area contributed by atoms with E-state index in [0.29, 0.717) is 10.2 Å². The van der Waals surface area contributed by atoms with E-state index in [1.54, 1.807) is 6.07 Å². The van der Waals surface area contributed by atoms with Gasteiger partial charge in [0.05, 0.1) is 15.4 Å². The van der Waals surface area contributed by atoms with Crippen molar-refractivity contribution in [2.45, 2.75) is 26.8 Å². The summed E-state index contributed by atoms with van der Waals surface area (Å²) in [6.07, 6.45) is 0. The molecule has 0 aliphatic rings. The quantitative estimate of drug-likeness (QED) is 0.657. The number of anilines is 1. The molecule has 0 aliphatic heterocycles. The van der Waals surface area contributed by atoms with Gasteiger partial charge < -0.3 is 11.1 Å². The van der Waals surface area contributed by atoms with E-state index in [1.807, 2.05) is 20.8 Å². The van der Waals surface area contributed by atoms with Gasteiger partial charge in [-0.15, -0.1) is 0 Å². The first-order chi connectivity index (χ1) is 8.62. The summed E-state index contributed by atoms with van der Waals surface area (Å²) in [6, 6.07) is 3.67. The topological polar surface area (TPSA) is 98.3 Å². The van der Waals surface area contributed by atoms with Crippen LogP contribution in [0.5, 0.6) is 0 Å². The predicted octanol–water partition coefficient (Wildman–Crippen LogP) is 2.67. The Bertz CT molecular complexity index is 511. The Morgan fingerprint density at radius 2 is 2.05 bits per heavy atom. The molecule has 19 heavy (non-hydrogen) atoms. The number of hydrogen-bond acceptors (Lipinski definition) is 4. The van der Waals surface area contributed by atoms with Gasteiger partial charge in [0, 0.05) is 11.8 Å². The third-order valence-corrected chi connectivity index (χ3v) is 3.30. The number of carbonyl (C=O) groups excluding carboxylic acids is 1. The van der Waals surface area contributed by atoms with Crippen molar-refractivity contribution in [2.24, 2.45) is 11.1 Å². The maximum atomic E-state index is 11.9. The molecule has 1 rings (SSSR count). The van der Waals surface area contributed by atoms with Gasteiger partial charge in [-0.05, 0) is 33.5 Å². The molecule has 0 aromatic heterocycles. The maximum Gasteiger partial charge on any atom is 0.285 e. The Labute approximate surface area is 119 Å². The summed E-state index contributed by atoms with van der Waals surface area (Å²) in [4.78, 5) is 22.2. The highest BCUT2D eigenvalue weighted by molar-refractivity contribution is 9.10. The van der Waals surface area contributed by atoms with Crippen molar-refractivity contribution < 1.29 is 9.72 Å². The van der Waals surface area contributed by atoms with Gasteiger partial charge in [-0.3, -0.25) is 14.9 Å². The Morgan fingerprint density at radius 3 is 2.53 bits per heavy atom. The van der Waals surface area contributed by atoms with Gasteiger partial charge >= 0.3 is 0 Å². The van der Waals surface area contributed by atoms with Crippen molar-refractivity contribution in [1.82, 2.24) is 0 Å². The number of nitrogens with two attached hydrogens (primary N) is 1. The number of amides is 1. The van der Waals surface area contributed by atoms with Gasteiger partial charge in [0.25, 0.3) is 5.69 Å². The fraction of sp³-hybridized carbons (Fsp3) is 0.417. The van der Waals surface area contributed by atoms with Gasteiger partial charge in [0.2, 0.25) is 5.91 Å². The number of rotatable bonds is 3. The minimum absolute atomic E-state index is 0.109. The molecule has 0 spiro atoms. The molecule has 1 aromatic rings. The summed E-state index contributed by atoms with van der Waals surface area (Å²) in [5.41, 5.74) is 5.67. The van der Waals surface area contributed by atoms with Crippen molar-refractivity contribution in [3.63, 3.8) is 0 Å². The molecule has 1 amide bonds. The number of hydrogen-bond donors (Lipinski definition) is 2. The maximum absolute atomic E-state index is 11.9. The zero-order valence-corrected chi connectivity index (χ0v) is 12.5. The minimum Gasteiger partial charge on any atom is -0.324 e. The molecule has 0 radical (unpaired) electrons. The smallest absolute Gasteiger partial charge is 0.285 e. The van der Waals surface area contributed by atoms with Crippen molar-refractivity contribution in [2.75, 3.05) is 5.32 Å². The van der Waals surface area contributed by atoms with Crippen LogP contribution < -0.4 is 11.1 Å². The van der Waals surface area contributed by atoms with Gasteiger partial charge in [-0.25, -0.2) is 0 Å². The van der Waals surface area contributed by atoms with Crippen LogP contribution in [0.15, 0.2) is 22.7 Å². The van der Waals surface area contributed by atoms with Gasteiger partial charge in [-0.2, -0.15) is 0 Å². The molecular formula is C12H16BrN3O3. The Balaban J connectivity index is 2.92. The lowest BCUT2D eigenvalue weighted by atomic mass is 9.87. The zero-order valence-electron chi connectivity index (χ0n) is 10.9. The summed E-state index contributed by atoms with van der Waals surface area (Å²) in [5.74, 6) is -0.371. The summed E-state index contributed by atoms with van der Waals surface area (Å²) in [7, 11) is 0. The first-order valence-corrected chi connectivity index (χ1v) is 6.42. The lowest BCUT2D eigenvalue weighted by Gasteiger charge is -2.25. The van der Waals surface area contributed by atoms with Crippen LogP contribution in [0.2, 0.25) is 0 Å². The second kappa shape index (κ2) is 5.66. The average Bonchev–Trinajstić information content (AvgIpc) is 2.29. The lowest BCUT2D eigenvalue weighted by molar-refractivity contribution is -0.385. The van der Waals surface area contributed by atoms with Crippen LogP contribution in [-0.2, 0) is 4.79 Å². The zero-order chi connectivity index (χ0) is 14.8. The van der Waals surface area contributed by atoms with Crippen LogP contribution >= 0.6 is 15.9 Å². The van der Waals surface area contributed by atoms with Crippen LogP contribution in [0, 0.1) is 15.5 Å². The molecule has 6 nitrogen and oxygen atoms in total.